The maximum atomic E-state index is 12.2. The molecule has 19 heavy (non-hydrogen) atoms. The van der Waals surface area contributed by atoms with Crippen LogP contribution in [0.25, 0.3) is 10.9 Å². The lowest BCUT2D eigenvalue weighted by molar-refractivity contribution is 0.177. The fourth-order valence-corrected chi connectivity index (χ4v) is 1.82. The van der Waals surface area contributed by atoms with Crippen molar-refractivity contribution < 1.29 is 5.11 Å². The van der Waals surface area contributed by atoms with Gasteiger partial charge in [-0.2, -0.15) is 5.26 Å². The summed E-state index contributed by atoms with van der Waals surface area (Å²) in [5.74, 6) is 0. The van der Waals surface area contributed by atoms with E-state index in [1.807, 2.05) is 0 Å². The van der Waals surface area contributed by atoms with Crippen molar-refractivity contribution in [2.24, 2.45) is 0 Å². The quantitative estimate of drug-likeness (QED) is 0.829. The van der Waals surface area contributed by atoms with Crippen molar-refractivity contribution in [3.63, 3.8) is 0 Å². The van der Waals surface area contributed by atoms with Crippen LogP contribution in [0.5, 0.6) is 0 Å². The van der Waals surface area contributed by atoms with Crippen LogP contribution in [-0.2, 0) is 6.54 Å². The van der Waals surface area contributed by atoms with E-state index in [-0.39, 0.29) is 11.1 Å². The first-order chi connectivity index (χ1) is 9.02. The van der Waals surface area contributed by atoms with E-state index >= 15 is 0 Å². The molecule has 0 aliphatic carbocycles. The first kappa shape index (κ1) is 13.1. The standard InChI is InChI=1S/C13H13N3O3/c1-8(17)2-4-16-5-3-11-10(13(16)19)6-9(7-14)12(18)15-11/h3,5-6,8,17H,2,4H2,1H3,(H,15,18)/t8-/m1/s1. The van der Waals surface area contributed by atoms with E-state index in [0.29, 0.717) is 23.9 Å². The van der Waals surface area contributed by atoms with Crippen molar-refractivity contribution in [1.29, 1.82) is 5.26 Å². The third-order valence-corrected chi connectivity index (χ3v) is 2.89. The second-order valence-corrected chi connectivity index (χ2v) is 4.40. The van der Waals surface area contributed by atoms with Gasteiger partial charge in [0.15, 0.2) is 0 Å². The van der Waals surface area contributed by atoms with Crippen molar-refractivity contribution in [2.45, 2.75) is 26.0 Å². The molecule has 2 aromatic heterocycles. The van der Waals surface area contributed by atoms with Gasteiger partial charge >= 0.3 is 0 Å². The molecule has 2 rings (SSSR count). The maximum absolute atomic E-state index is 12.2. The number of aliphatic hydroxyl groups excluding tert-OH is 1. The number of aliphatic hydroxyl groups is 1. The van der Waals surface area contributed by atoms with Crippen LogP contribution in [-0.4, -0.2) is 20.8 Å². The Hall–Kier alpha value is -2.39. The summed E-state index contributed by atoms with van der Waals surface area (Å²) < 4.78 is 1.45. The van der Waals surface area contributed by atoms with Gasteiger partial charge in [0.1, 0.15) is 11.6 Å². The average Bonchev–Trinajstić information content (AvgIpc) is 2.37. The number of pyridine rings is 2. The highest BCUT2D eigenvalue weighted by molar-refractivity contribution is 5.78. The Kier molecular flexibility index (Phi) is 3.49. The fourth-order valence-electron chi connectivity index (χ4n) is 1.82. The second-order valence-electron chi connectivity index (χ2n) is 4.40. The molecular formula is C13H13N3O3. The van der Waals surface area contributed by atoms with Gasteiger partial charge in [0.05, 0.1) is 17.0 Å². The molecule has 2 N–H and O–H groups in total. The van der Waals surface area contributed by atoms with E-state index in [9.17, 15) is 14.7 Å². The number of hydrogen-bond donors (Lipinski definition) is 2. The molecule has 2 heterocycles. The van der Waals surface area contributed by atoms with Gasteiger partial charge in [-0.15, -0.1) is 0 Å². The summed E-state index contributed by atoms with van der Waals surface area (Å²) in [6.45, 7) is 2.03. The van der Waals surface area contributed by atoms with Crippen molar-refractivity contribution in [1.82, 2.24) is 9.55 Å². The largest absolute Gasteiger partial charge is 0.393 e. The van der Waals surface area contributed by atoms with E-state index in [0.717, 1.165) is 0 Å². The number of rotatable bonds is 3. The van der Waals surface area contributed by atoms with E-state index in [2.05, 4.69) is 4.98 Å². The Morgan fingerprint density at radius 1 is 1.53 bits per heavy atom. The molecular weight excluding hydrogens is 246 g/mol. The summed E-state index contributed by atoms with van der Waals surface area (Å²) in [5.41, 5.74) is -0.470. The van der Waals surface area contributed by atoms with Crippen molar-refractivity contribution in [2.75, 3.05) is 0 Å². The lowest BCUT2D eigenvalue weighted by atomic mass is 10.2. The molecule has 0 aliphatic heterocycles. The summed E-state index contributed by atoms with van der Waals surface area (Å²) in [6, 6.07) is 4.67. The predicted octanol–water partition coefficient (Wildman–Crippen LogP) is 0.332. The SMILES string of the molecule is C[C@@H](O)CCn1ccc2[nH]c(=O)c(C#N)cc2c1=O. The smallest absolute Gasteiger partial charge is 0.266 e. The van der Waals surface area contributed by atoms with Crippen LogP contribution in [0.15, 0.2) is 27.9 Å². The highest BCUT2D eigenvalue weighted by Gasteiger charge is 2.07. The van der Waals surface area contributed by atoms with Crippen molar-refractivity contribution in [3.8, 4) is 6.07 Å². The molecule has 0 spiro atoms. The Morgan fingerprint density at radius 2 is 2.26 bits per heavy atom. The normalized spacial score (nSPS) is 12.3. The van der Waals surface area contributed by atoms with Crippen LogP contribution < -0.4 is 11.1 Å². The van der Waals surface area contributed by atoms with Gasteiger partial charge in [-0.1, -0.05) is 0 Å². The molecule has 0 saturated heterocycles. The highest BCUT2D eigenvalue weighted by atomic mass is 16.3. The molecule has 0 saturated carbocycles. The highest BCUT2D eigenvalue weighted by Crippen LogP contribution is 2.06. The number of aromatic amines is 1. The van der Waals surface area contributed by atoms with E-state index < -0.39 is 11.7 Å². The van der Waals surface area contributed by atoms with Gasteiger partial charge in [0.25, 0.3) is 11.1 Å². The zero-order valence-corrected chi connectivity index (χ0v) is 10.4. The van der Waals surface area contributed by atoms with E-state index in [4.69, 9.17) is 5.26 Å². The molecule has 0 unspecified atom stereocenters. The molecule has 0 bridgehead atoms. The summed E-state index contributed by atoms with van der Waals surface area (Å²) in [5, 5.41) is 18.3. The molecule has 0 aliphatic rings. The molecule has 0 fully saturated rings. The number of nitrogens with zero attached hydrogens (tertiary/aromatic N) is 2. The zero-order valence-electron chi connectivity index (χ0n) is 10.4. The minimum atomic E-state index is -0.504. The van der Waals surface area contributed by atoms with Crippen LogP contribution in [0.4, 0.5) is 0 Å². The second kappa shape index (κ2) is 5.08. The predicted molar refractivity (Wildman–Crippen MR) is 69.8 cm³/mol. The van der Waals surface area contributed by atoms with Gasteiger partial charge in [0, 0.05) is 12.7 Å². The van der Waals surface area contributed by atoms with E-state index in [1.165, 1.54) is 10.6 Å². The van der Waals surface area contributed by atoms with Crippen LogP contribution in [0.2, 0.25) is 0 Å². The Labute approximate surface area is 108 Å². The van der Waals surface area contributed by atoms with Crippen LogP contribution in [0.1, 0.15) is 18.9 Å². The van der Waals surface area contributed by atoms with Crippen LogP contribution in [0, 0.1) is 11.3 Å². The number of H-pyrrole nitrogens is 1. The van der Waals surface area contributed by atoms with Crippen LogP contribution >= 0.6 is 0 Å². The first-order valence-electron chi connectivity index (χ1n) is 5.87. The summed E-state index contributed by atoms with van der Waals surface area (Å²) in [4.78, 5) is 26.1. The minimum Gasteiger partial charge on any atom is -0.393 e. The molecule has 0 radical (unpaired) electrons. The van der Waals surface area contributed by atoms with Crippen LogP contribution in [0.3, 0.4) is 0 Å². The average molecular weight is 259 g/mol. The number of aryl methyl sites for hydroxylation is 1. The van der Waals surface area contributed by atoms with Gasteiger partial charge in [-0.25, -0.2) is 0 Å². The van der Waals surface area contributed by atoms with Crippen molar-refractivity contribution >= 4 is 10.9 Å². The first-order valence-corrected chi connectivity index (χ1v) is 5.87. The number of nitriles is 1. The lowest BCUT2D eigenvalue weighted by Crippen LogP contribution is -2.23. The van der Waals surface area contributed by atoms with Gasteiger partial charge < -0.3 is 14.7 Å². The molecule has 6 nitrogen and oxygen atoms in total. The van der Waals surface area contributed by atoms with Gasteiger partial charge in [-0.05, 0) is 25.5 Å². The summed E-state index contributed by atoms with van der Waals surface area (Å²) in [7, 11) is 0. The Bertz CT molecular complexity index is 765. The Morgan fingerprint density at radius 3 is 2.89 bits per heavy atom. The van der Waals surface area contributed by atoms with Gasteiger partial charge in [0.2, 0.25) is 0 Å². The third-order valence-electron chi connectivity index (χ3n) is 2.89. The Balaban J connectivity index is 2.58. The molecule has 2 aromatic rings. The number of aromatic nitrogens is 2. The molecule has 1 atom stereocenters. The monoisotopic (exact) mass is 259 g/mol. The third kappa shape index (κ3) is 2.56. The van der Waals surface area contributed by atoms with Crippen molar-refractivity contribution in [3.05, 3.63) is 44.6 Å². The topological polar surface area (TPSA) is 98.9 Å². The van der Waals surface area contributed by atoms with E-state index in [1.54, 1.807) is 25.3 Å². The molecule has 0 aromatic carbocycles. The molecule has 98 valence electrons. The number of fused-ring (bicyclic) bond motifs is 1. The molecule has 0 amide bonds. The number of nitrogens with one attached hydrogen (secondary N) is 1. The molecule has 6 heteroatoms. The minimum absolute atomic E-state index is 0.0853. The van der Waals surface area contributed by atoms with Gasteiger partial charge in [-0.3, -0.25) is 9.59 Å². The summed E-state index contributed by atoms with van der Waals surface area (Å²) >= 11 is 0. The lowest BCUT2D eigenvalue weighted by Gasteiger charge is -2.08. The maximum Gasteiger partial charge on any atom is 0.266 e. The zero-order chi connectivity index (χ0) is 14.0. The fraction of sp³-hybridized carbons (Fsp3) is 0.308. The number of hydrogen-bond acceptors (Lipinski definition) is 4. The summed E-state index contributed by atoms with van der Waals surface area (Å²) in [6.07, 6.45) is 1.53.